The molecule has 0 spiro atoms. The SMILES string of the molecule is C=C(C)c1sc(C#CC(C)(C)C)cc1N1C(=C)CN(Sc2ccc(C)cc2)CC1C1CCCCC1. The Labute approximate surface area is 221 Å². The van der Waals surface area contributed by atoms with Crippen LogP contribution in [0.1, 0.15) is 75.1 Å². The molecular formula is C31H40N2S2. The van der Waals surface area contributed by atoms with Gasteiger partial charge in [-0.25, -0.2) is 4.31 Å². The summed E-state index contributed by atoms with van der Waals surface area (Å²) in [6.45, 7) is 21.6. The fourth-order valence-electron chi connectivity index (χ4n) is 5.09. The van der Waals surface area contributed by atoms with Gasteiger partial charge in [0.1, 0.15) is 0 Å². The minimum atomic E-state index is -0.0133. The first-order valence-electron chi connectivity index (χ1n) is 12.9. The van der Waals surface area contributed by atoms with Crippen LogP contribution >= 0.6 is 23.3 Å². The van der Waals surface area contributed by atoms with Gasteiger partial charge in [-0.1, -0.05) is 62.0 Å². The molecule has 2 aliphatic rings. The van der Waals surface area contributed by atoms with Crippen LogP contribution in [-0.4, -0.2) is 23.4 Å². The predicted molar refractivity (Wildman–Crippen MR) is 156 cm³/mol. The highest BCUT2D eigenvalue weighted by Crippen LogP contribution is 2.43. The van der Waals surface area contributed by atoms with Gasteiger partial charge in [0.05, 0.1) is 21.5 Å². The molecule has 1 aliphatic carbocycles. The zero-order valence-corrected chi connectivity index (χ0v) is 23.7. The Morgan fingerprint density at radius 1 is 1.11 bits per heavy atom. The van der Waals surface area contributed by atoms with Crippen LogP contribution in [0.5, 0.6) is 0 Å². The average Bonchev–Trinajstić information content (AvgIpc) is 3.23. The van der Waals surface area contributed by atoms with E-state index in [4.69, 9.17) is 0 Å². The third-order valence-corrected chi connectivity index (χ3v) is 9.01. The number of aryl methyl sites for hydroxylation is 1. The molecule has 2 fully saturated rings. The van der Waals surface area contributed by atoms with Crippen LogP contribution in [0.4, 0.5) is 5.69 Å². The number of benzene rings is 1. The lowest BCUT2D eigenvalue weighted by Gasteiger charge is -2.47. The fraction of sp³-hybridized carbons (Fsp3) is 0.484. The molecule has 2 aromatic rings. The van der Waals surface area contributed by atoms with Crippen LogP contribution in [0.2, 0.25) is 0 Å². The number of nitrogens with zero attached hydrogens (tertiary/aromatic N) is 2. The molecule has 0 amide bonds. The van der Waals surface area contributed by atoms with Crippen molar-refractivity contribution < 1.29 is 0 Å². The van der Waals surface area contributed by atoms with Gasteiger partial charge in [-0.2, -0.15) is 0 Å². The summed E-state index contributed by atoms with van der Waals surface area (Å²) in [4.78, 5) is 6.26. The molecule has 4 heteroatoms. The Kier molecular flexibility index (Phi) is 8.21. The van der Waals surface area contributed by atoms with E-state index in [1.54, 1.807) is 11.3 Å². The molecule has 35 heavy (non-hydrogen) atoms. The van der Waals surface area contributed by atoms with E-state index < -0.39 is 0 Å². The van der Waals surface area contributed by atoms with Gasteiger partial charge >= 0.3 is 0 Å². The monoisotopic (exact) mass is 504 g/mol. The van der Waals surface area contributed by atoms with Crippen LogP contribution < -0.4 is 4.90 Å². The number of hydrogen-bond donors (Lipinski definition) is 0. The van der Waals surface area contributed by atoms with Gasteiger partial charge in [0, 0.05) is 29.1 Å². The molecule has 0 N–H and O–H groups in total. The molecule has 2 nitrogen and oxygen atoms in total. The molecule has 186 valence electrons. The summed E-state index contributed by atoms with van der Waals surface area (Å²) in [5, 5.41) is 0. The van der Waals surface area contributed by atoms with Gasteiger partial charge in [0.25, 0.3) is 0 Å². The molecule has 0 bridgehead atoms. The third kappa shape index (κ3) is 6.64. The zero-order chi connectivity index (χ0) is 25.2. The maximum Gasteiger partial charge on any atom is 0.0796 e. The molecule has 2 heterocycles. The summed E-state index contributed by atoms with van der Waals surface area (Å²) in [5.74, 6) is 7.56. The Hall–Kier alpha value is -1.93. The van der Waals surface area contributed by atoms with E-state index in [1.165, 1.54) is 58.8 Å². The van der Waals surface area contributed by atoms with Gasteiger partial charge < -0.3 is 4.90 Å². The van der Waals surface area contributed by atoms with E-state index >= 15 is 0 Å². The highest BCUT2D eigenvalue weighted by molar-refractivity contribution is 7.97. The molecule has 1 saturated heterocycles. The number of piperazine rings is 1. The molecule has 1 aromatic carbocycles. The molecule has 1 saturated carbocycles. The highest BCUT2D eigenvalue weighted by atomic mass is 32.2. The zero-order valence-electron chi connectivity index (χ0n) is 22.1. The summed E-state index contributed by atoms with van der Waals surface area (Å²) in [6.07, 6.45) is 6.66. The van der Waals surface area contributed by atoms with Crippen LogP contribution in [0.3, 0.4) is 0 Å². The van der Waals surface area contributed by atoms with Crippen molar-refractivity contribution in [1.82, 2.24) is 4.31 Å². The number of rotatable bonds is 5. The second-order valence-corrected chi connectivity index (χ2v) is 13.5. The minimum absolute atomic E-state index is 0.0133. The molecular weight excluding hydrogens is 464 g/mol. The smallest absolute Gasteiger partial charge is 0.0796 e. The molecule has 4 rings (SSSR count). The van der Waals surface area contributed by atoms with Crippen LogP contribution in [-0.2, 0) is 0 Å². The van der Waals surface area contributed by atoms with Gasteiger partial charge in [-0.3, -0.25) is 0 Å². The van der Waals surface area contributed by atoms with E-state index in [-0.39, 0.29) is 5.41 Å². The van der Waals surface area contributed by atoms with Crippen molar-refractivity contribution in [1.29, 1.82) is 0 Å². The first-order valence-corrected chi connectivity index (χ1v) is 14.5. The van der Waals surface area contributed by atoms with Crippen molar-refractivity contribution in [2.75, 3.05) is 18.0 Å². The normalized spacial score (nSPS) is 20.0. The Morgan fingerprint density at radius 2 is 1.80 bits per heavy atom. The van der Waals surface area contributed by atoms with E-state index in [1.807, 2.05) is 11.9 Å². The molecule has 1 aliphatic heterocycles. The second kappa shape index (κ2) is 11.0. The topological polar surface area (TPSA) is 6.48 Å². The fourth-order valence-corrected chi connectivity index (χ4v) is 7.02. The maximum atomic E-state index is 4.63. The second-order valence-electron chi connectivity index (χ2n) is 11.2. The van der Waals surface area contributed by atoms with Crippen molar-refractivity contribution in [2.24, 2.45) is 11.3 Å². The largest absolute Gasteiger partial charge is 0.338 e. The summed E-state index contributed by atoms with van der Waals surface area (Å²) in [5.41, 5.74) is 4.85. The lowest BCUT2D eigenvalue weighted by molar-refractivity contribution is 0.252. The summed E-state index contributed by atoms with van der Waals surface area (Å²) >= 11 is 3.66. The number of allylic oxidation sites excluding steroid dienone is 1. The van der Waals surface area contributed by atoms with E-state index in [2.05, 4.69) is 99.2 Å². The number of anilines is 1. The summed E-state index contributed by atoms with van der Waals surface area (Å²) < 4.78 is 2.52. The lowest BCUT2D eigenvalue weighted by atomic mass is 9.82. The van der Waals surface area contributed by atoms with Crippen LogP contribution in [0, 0.1) is 30.1 Å². The van der Waals surface area contributed by atoms with Crippen LogP contribution in [0.25, 0.3) is 5.57 Å². The quantitative estimate of drug-likeness (QED) is 0.297. The van der Waals surface area contributed by atoms with Crippen molar-refractivity contribution in [3.05, 3.63) is 64.5 Å². The molecule has 1 atom stereocenters. The van der Waals surface area contributed by atoms with Crippen molar-refractivity contribution in [3.63, 3.8) is 0 Å². The molecule has 1 unspecified atom stereocenters. The maximum absolute atomic E-state index is 4.63. The molecule has 0 radical (unpaired) electrons. The third-order valence-electron chi connectivity index (χ3n) is 6.79. The Bertz CT molecular complexity index is 1120. The summed E-state index contributed by atoms with van der Waals surface area (Å²) in [7, 11) is 0. The first kappa shape index (κ1) is 26.1. The van der Waals surface area contributed by atoms with Gasteiger partial charge in [-0.05, 0) is 89.1 Å². The highest BCUT2D eigenvalue weighted by Gasteiger charge is 2.37. The Balaban J connectivity index is 1.67. The van der Waals surface area contributed by atoms with Crippen LogP contribution in [0.15, 0.2) is 54.1 Å². The van der Waals surface area contributed by atoms with E-state index in [9.17, 15) is 0 Å². The van der Waals surface area contributed by atoms with Gasteiger partial charge in [0.2, 0.25) is 0 Å². The average molecular weight is 505 g/mol. The number of hydrogen-bond acceptors (Lipinski definition) is 4. The van der Waals surface area contributed by atoms with Gasteiger partial charge in [0.15, 0.2) is 0 Å². The van der Waals surface area contributed by atoms with Crippen molar-refractivity contribution >= 4 is 34.5 Å². The predicted octanol–water partition coefficient (Wildman–Crippen LogP) is 8.78. The summed E-state index contributed by atoms with van der Waals surface area (Å²) in [6, 6.07) is 11.6. The lowest BCUT2D eigenvalue weighted by Crippen LogP contribution is -2.53. The van der Waals surface area contributed by atoms with E-state index in [0.717, 1.165) is 23.5 Å². The van der Waals surface area contributed by atoms with E-state index in [0.29, 0.717) is 12.0 Å². The number of thiophene rings is 1. The van der Waals surface area contributed by atoms with Gasteiger partial charge in [-0.15, -0.1) is 11.3 Å². The Morgan fingerprint density at radius 3 is 2.43 bits per heavy atom. The minimum Gasteiger partial charge on any atom is -0.338 e. The standard InChI is InChI=1S/C31H40N2S2/c1-22(2)30-28(19-27(34-30)17-18-31(5,6)7)33-24(4)20-32(35-26-15-13-23(3)14-16-26)21-29(33)25-11-9-8-10-12-25/h13-16,19,25,29H,1,4,8-12,20-21H2,2-3,5-7H3. The van der Waals surface area contributed by atoms with Crippen molar-refractivity contribution in [2.45, 2.75) is 77.7 Å². The first-order chi connectivity index (χ1) is 16.6. The van der Waals surface area contributed by atoms with Crippen molar-refractivity contribution in [3.8, 4) is 11.8 Å². The molecule has 1 aromatic heterocycles.